The number of benzene rings is 2. The maximum Gasteiger partial charge on any atom is 0.194 e. The number of nitrogens with one attached hydrogen (secondary N) is 1. The summed E-state index contributed by atoms with van der Waals surface area (Å²) in [5, 5.41) is 3.28. The highest BCUT2D eigenvalue weighted by Crippen LogP contribution is 2.24. The third-order valence-electron chi connectivity index (χ3n) is 2.99. The van der Waals surface area contributed by atoms with E-state index in [0.29, 0.717) is 17.2 Å². The standard InChI is InChI=1S/C16H16F3N/c1-10(2)20-9-11-3-5-12(6-4-11)13-7-14(17)16(19)15(18)8-13/h3-8,10,20H,9H2,1-2H3. The maximum absolute atomic E-state index is 13.2. The molecule has 0 aliphatic carbocycles. The molecule has 1 N–H and O–H groups in total. The molecule has 0 bridgehead atoms. The molecule has 0 amide bonds. The zero-order valence-corrected chi connectivity index (χ0v) is 11.4. The van der Waals surface area contributed by atoms with Gasteiger partial charge in [-0.15, -0.1) is 0 Å². The average Bonchev–Trinajstić information content (AvgIpc) is 2.42. The SMILES string of the molecule is CC(C)NCc1ccc(-c2cc(F)c(F)c(F)c2)cc1. The lowest BCUT2D eigenvalue weighted by atomic mass is 10.0. The molecule has 1 nitrogen and oxygen atoms in total. The first-order chi connectivity index (χ1) is 9.47. The van der Waals surface area contributed by atoms with Gasteiger partial charge in [0.15, 0.2) is 17.5 Å². The topological polar surface area (TPSA) is 12.0 Å². The second-order valence-corrected chi connectivity index (χ2v) is 4.99. The fourth-order valence-electron chi connectivity index (χ4n) is 1.86. The van der Waals surface area contributed by atoms with Gasteiger partial charge in [-0.2, -0.15) is 0 Å². The van der Waals surface area contributed by atoms with E-state index in [1.807, 2.05) is 12.1 Å². The van der Waals surface area contributed by atoms with Gasteiger partial charge in [0.25, 0.3) is 0 Å². The summed E-state index contributed by atoms with van der Waals surface area (Å²) >= 11 is 0. The van der Waals surface area contributed by atoms with Gasteiger partial charge in [-0.25, -0.2) is 13.2 Å². The lowest BCUT2D eigenvalue weighted by molar-refractivity contribution is 0.448. The Balaban J connectivity index is 2.22. The molecule has 0 atom stereocenters. The molecular weight excluding hydrogens is 263 g/mol. The first-order valence-corrected chi connectivity index (χ1v) is 6.44. The Bertz CT molecular complexity index is 568. The number of rotatable bonds is 4. The van der Waals surface area contributed by atoms with Gasteiger partial charge in [-0.05, 0) is 28.8 Å². The quantitative estimate of drug-likeness (QED) is 0.824. The van der Waals surface area contributed by atoms with Gasteiger partial charge in [-0.1, -0.05) is 38.1 Å². The molecule has 0 saturated heterocycles. The third kappa shape index (κ3) is 3.39. The van der Waals surface area contributed by atoms with Crippen molar-refractivity contribution in [3.63, 3.8) is 0 Å². The van der Waals surface area contributed by atoms with Gasteiger partial charge in [0.1, 0.15) is 0 Å². The largest absolute Gasteiger partial charge is 0.310 e. The van der Waals surface area contributed by atoms with Gasteiger partial charge in [0, 0.05) is 12.6 Å². The van der Waals surface area contributed by atoms with E-state index in [9.17, 15) is 13.2 Å². The molecule has 0 unspecified atom stereocenters. The van der Waals surface area contributed by atoms with Crippen molar-refractivity contribution in [3.05, 3.63) is 59.4 Å². The second-order valence-electron chi connectivity index (χ2n) is 4.99. The minimum Gasteiger partial charge on any atom is -0.310 e. The molecule has 2 rings (SSSR count). The van der Waals surface area contributed by atoms with Crippen molar-refractivity contribution in [3.8, 4) is 11.1 Å². The van der Waals surface area contributed by atoms with Crippen LogP contribution in [-0.2, 0) is 6.54 Å². The summed E-state index contributed by atoms with van der Waals surface area (Å²) in [5.74, 6) is -3.79. The zero-order chi connectivity index (χ0) is 14.7. The first kappa shape index (κ1) is 14.6. The minimum absolute atomic E-state index is 0.324. The lowest BCUT2D eigenvalue weighted by Gasteiger charge is -2.09. The monoisotopic (exact) mass is 279 g/mol. The summed E-state index contributed by atoms with van der Waals surface area (Å²) in [6.07, 6.45) is 0. The maximum atomic E-state index is 13.2. The Labute approximate surface area is 116 Å². The van der Waals surface area contributed by atoms with Crippen molar-refractivity contribution >= 4 is 0 Å². The summed E-state index contributed by atoms with van der Waals surface area (Å²) in [5.41, 5.74) is 2.05. The van der Waals surface area contributed by atoms with E-state index in [0.717, 1.165) is 24.2 Å². The van der Waals surface area contributed by atoms with Crippen LogP contribution in [0.15, 0.2) is 36.4 Å². The number of hydrogen-bond donors (Lipinski definition) is 1. The molecule has 20 heavy (non-hydrogen) atoms. The molecule has 0 fully saturated rings. The van der Waals surface area contributed by atoms with E-state index >= 15 is 0 Å². The van der Waals surface area contributed by atoms with Gasteiger partial charge >= 0.3 is 0 Å². The summed E-state index contributed by atoms with van der Waals surface area (Å²) in [4.78, 5) is 0. The second kappa shape index (κ2) is 6.09. The highest BCUT2D eigenvalue weighted by Gasteiger charge is 2.11. The van der Waals surface area contributed by atoms with E-state index in [2.05, 4.69) is 19.2 Å². The van der Waals surface area contributed by atoms with Crippen molar-refractivity contribution in [2.24, 2.45) is 0 Å². The van der Waals surface area contributed by atoms with Crippen LogP contribution in [0.3, 0.4) is 0 Å². The van der Waals surface area contributed by atoms with Crippen LogP contribution in [0.5, 0.6) is 0 Å². The summed E-state index contributed by atoms with van der Waals surface area (Å²) in [7, 11) is 0. The molecule has 0 heterocycles. The Morgan fingerprint density at radius 1 is 0.900 bits per heavy atom. The van der Waals surface area contributed by atoms with Crippen LogP contribution in [0.2, 0.25) is 0 Å². The minimum atomic E-state index is -1.44. The molecule has 106 valence electrons. The molecule has 0 aromatic heterocycles. The van der Waals surface area contributed by atoms with Crippen LogP contribution in [0, 0.1) is 17.5 Å². The van der Waals surface area contributed by atoms with Crippen LogP contribution >= 0.6 is 0 Å². The predicted octanol–water partition coefficient (Wildman–Crippen LogP) is 4.27. The highest BCUT2D eigenvalue weighted by molar-refractivity contribution is 5.63. The first-order valence-electron chi connectivity index (χ1n) is 6.44. The molecule has 0 spiro atoms. The summed E-state index contributed by atoms with van der Waals surface area (Å²) in [6.45, 7) is 4.83. The molecule has 0 saturated carbocycles. The van der Waals surface area contributed by atoms with Crippen molar-refractivity contribution < 1.29 is 13.2 Å². The number of halogens is 3. The van der Waals surface area contributed by atoms with Crippen LogP contribution in [0.25, 0.3) is 11.1 Å². The molecule has 0 aliphatic rings. The van der Waals surface area contributed by atoms with E-state index in [4.69, 9.17) is 0 Å². The van der Waals surface area contributed by atoms with Gasteiger partial charge in [0.2, 0.25) is 0 Å². The molecule has 0 radical (unpaired) electrons. The van der Waals surface area contributed by atoms with E-state index in [-0.39, 0.29) is 0 Å². The fourth-order valence-corrected chi connectivity index (χ4v) is 1.86. The van der Waals surface area contributed by atoms with Crippen molar-refractivity contribution in [1.82, 2.24) is 5.32 Å². The fraction of sp³-hybridized carbons (Fsp3) is 0.250. The molecule has 2 aromatic rings. The zero-order valence-electron chi connectivity index (χ0n) is 11.4. The van der Waals surface area contributed by atoms with Crippen LogP contribution in [0.1, 0.15) is 19.4 Å². The van der Waals surface area contributed by atoms with Crippen LogP contribution in [0.4, 0.5) is 13.2 Å². The number of hydrogen-bond acceptors (Lipinski definition) is 1. The summed E-state index contributed by atoms with van der Waals surface area (Å²) < 4.78 is 39.3. The molecule has 2 aromatic carbocycles. The van der Waals surface area contributed by atoms with Crippen molar-refractivity contribution in [2.45, 2.75) is 26.4 Å². The Hall–Kier alpha value is -1.81. The summed E-state index contributed by atoms with van der Waals surface area (Å²) in [6, 6.07) is 9.68. The van der Waals surface area contributed by atoms with Crippen molar-refractivity contribution in [1.29, 1.82) is 0 Å². The van der Waals surface area contributed by atoms with E-state index in [1.54, 1.807) is 12.1 Å². The predicted molar refractivity (Wildman–Crippen MR) is 73.7 cm³/mol. The Morgan fingerprint density at radius 2 is 1.45 bits per heavy atom. The molecule has 4 heteroatoms. The normalized spacial score (nSPS) is 11.1. The Morgan fingerprint density at radius 3 is 1.95 bits per heavy atom. The van der Waals surface area contributed by atoms with Gasteiger partial charge < -0.3 is 5.32 Å². The van der Waals surface area contributed by atoms with Crippen molar-refractivity contribution in [2.75, 3.05) is 0 Å². The third-order valence-corrected chi connectivity index (χ3v) is 2.99. The Kier molecular flexibility index (Phi) is 4.45. The smallest absolute Gasteiger partial charge is 0.194 e. The van der Waals surface area contributed by atoms with E-state index < -0.39 is 17.5 Å². The van der Waals surface area contributed by atoms with Crippen LogP contribution in [-0.4, -0.2) is 6.04 Å². The molecular formula is C16H16F3N. The average molecular weight is 279 g/mol. The van der Waals surface area contributed by atoms with Gasteiger partial charge in [-0.3, -0.25) is 0 Å². The van der Waals surface area contributed by atoms with Crippen LogP contribution < -0.4 is 5.32 Å². The van der Waals surface area contributed by atoms with Gasteiger partial charge in [0.05, 0.1) is 0 Å². The lowest BCUT2D eigenvalue weighted by Crippen LogP contribution is -2.21. The molecule has 0 aliphatic heterocycles. The van der Waals surface area contributed by atoms with E-state index in [1.165, 1.54) is 0 Å². The highest BCUT2D eigenvalue weighted by atomic mass is 19.2.